The molecule has 22 heavy (non-hydrogen) atoms. The number of fused-ring (bicyclic) bond motifs is 2. The maximum Gasteiger partial charge on any atom is 0.178 e. The molecule has 112 valence electrons. The Hall–Kier alpha value is -1.96. The molecule has 0 unspecified atom stereocenters. The lowest BCUT2D eigenvalue weighted by atomic mass is 9.60. The molecule has 2 heteroatoms. The van der Waals surface area contributed by atoms with Crippen molar-refractivity contribution in [1.82, 2.24) is 0 Å². The smallest absolute Gasteiger partial charge is 0.178 e. The summed E-state index contributed by atoms with van der Waals surface area (Å²) < 4.78 is 0. The van der Waals surface area contributed by atoms with Gasteiger partial charge in [-0.3, -0.25) is 9.79 Å². The van der Waals surface area contributed by atoms with Gasteiger partial charge in [-0.1, -0.05) is 55.3 Å². The quantitative estimate of drug-likeness (QED) is 0.765. The van der Waals surface area contributed by atoms with Gasteiger partial charge >= 0.3 is 0 Å². The number of carbonyl (C=O) groups is 1. The van der Waals surface area contributed by atoms with Gasteiger partial charge in [-0.2, -0.15) is 0 Å². The van der Waals surface area contributed by atoms with Crippen LogP contribution in [0.4, 0.5) is 0 Å². The highest BCUT2D eigenvalue weighted by molar-refractivity contribution is 6.12. The summed E-state index contributed by atoms with van der Waals surface area (Å²) in [5, 5.41) is 0. The monoisotopic (exact) mass is 291 g/mol. The number of hydrogen-bond acceptors (Lipinski definition) is 2. The van der Waals surface area contributed by atoms with Gasteiger partial charge in [0.2, 0.25) is 0 Å². The maximum atomic E-state index is 11.7. The van der Waals surface area contributed by atoms with Gasteiger partial charge in [-0.25, -0.2) is 0 Å². The molecule has 0 amide bonds. The van der Waals surface area contributed by atoms with Crippen LogP contribution in [0.5, 0.6) is 0 Å². The van der Waals surface area contributed by atoms with Gasteiger partial charge in [-0.05, 0) is 37.5 Å². The zero-order chi connectivity index (χ0) is 15.2. The van der Waals surface area contributed by atoms with Crippen LogP contribution in [0.15, 0.2) is 59.6 Å². The Balaban J connectivity index is 1.90. The molecule has 2 aliphatic carbocycles. The van der Waals surface area contributed by atoms with E-state index in [9.17, 15) is 4.79 Å². The zero-order valence-corrected chi connectivity index (χ0v) is 13.0. The fourth-order valence-corrected chi connectivity index (χ4v) is 4.57. The Morgan fingerprint density at radius 1 is 1.09 bits per heavy atom. The van der Waals surface area contributed by atoms with Gasteiger partial charge in [0.15, 0.2) is 5.78 Å². The second kappa shape index (κ2) is 4.77. The molecule has 0 saturated heterocycles. The van der Waals surface area contributed by atoms with E-state index in [4.69, 9.17) is 4.99 Å². The molecule has 0 aromatic heterocycles. The van der Waals surface area contributed by atoms with Crippen LogP contribution in [-0.2, 0) is 4.79 Å². The molecule has 1 saturated carbocycles. The lowest BCUT2D eigenvalue weighted by Crippen LogP contribution is -2.42. The maximum absolute atomic E-state index is 11.7. The van der Waals surface area contributed by atoms with E-state index in [1.165, 1.54) is 24.8 Å². The van der Waals surface area contributed by atoms with Crippen molar-refractivity contribution in [2.45, 2.75) is 38.1 Å². The second-order valence-electron chi connectivity index (χ2n) is 6.98. The summed E-state index contributed by atoms with van der Waals surface area (Å²) in [5.74, 6) is 0.548. The Kier molecular flexibility index (Phi) is 2.97. The predicted octanol–water partition coefficient (Wildman–Crippen LogP) is 4.12. The van der Waals surface area contributed by atoms with E-state index in [0.717, 1.165) is 12.1 Å². The van der Waals surface area contributed by atoms with Crippen LogP contribution in [0, 0.1) is 11.3 Å². The van der Waals surface area contributed by atoms with Crippen molar-refractivity contribution < 1.29 is 4.79 Å². The Labute approximate surface area is 131 Å². The summed E-state index contributed by atoms with van der Waals surface area (Å²) in [5.41, 5.74) is 2.12. The predicted molar refractivity (Wildman–Crippen MR) is 89.1 cm³/mol. The fraction of sp³-hybridized carbons (Fsp3) is 0.400. The fourth-order valence-electron chi connectivity index (χ4n) is 4.57. The van der Waals surface area contributed by atoms with E-state index in [0.29, 0.717) is 5.92 Å². The number of rotatable bonds is 1. The van der Waals surface area contributed by atoms with Crippen molar-refractivity contribution in [3.05, 3.63) is 60.2 Å². The third-order valence-corrected chi connectivity index (χ3v) is 5.62. The molecule has 1 aromatic carbocycles. The molecule has 1 fully saturated rings. The molecule has 1 aliphatic heterocycles. The Morgan fingerprint density at radius 2 is 1.82 bits per heavy atom. The molecule has 1 aromatic rings. The SMILES string of the molecule is C[C@@]12CCCC[C@H]1C1(C=CC(=O)C=C1)C(c1ccccc1)=N2. The van der Waals surface area contributed by atoms with Crippen molar-refractivity contribution in [2.24, 2.45) is 16.3 Å². The molecule has 4 rings (SSSR count). The summed E-state index contributed by atoms with van der Waals surface area (Å²) in [7, 11) is 0. The highest BCUT2D eigenvalue weighted by atomic mass is 16.1. The van der Waals surface area contributed by atoms with Crippen molar-refractivity contribution in [3.8, 4) is 0 Å². The van der Waals surface area contributed by atoms with Crippen LogP contribution < -0.4 is 0 Å². The minimum atomic E-state index is -0.204. The topological polar surface area (TPSA) is 29.4 Å². The van der Waals surface area contributed by atoms with Crippen LogP contribution in [0.1, 0.15) is 38.2 Å². The summed E-state index contributed by atoms with van der Waals surface area (Å²) in [4.78, 5) is 16.9. The van der Waals surface area contributed by atoms with Crippen molar-refractivity contribution in [3.63, 3.8) is 0 Å². The number of nitrogens with zero attached hydrogens (tertiary/aromatic N) is 1. The number of carbonyl (C=O) groups excluding carboxylic acids is 1. The van der Waals surface area contributed by atoms with E-state index < -0.39 is 0 Å². The normalized spacial score (nSPS) is 32.1. The van der Waals surface area contributed by atoms with Gasteiger partial charge in [0.25, 0.3) is 0 Å². The highest BCUT2D eigenvalue weighted by Crippen LogP contribution is 2.55. The molecule has 1 spiro atoms. The van der Waals surface area contributed by atoms with Gasteiger partial charge in [-0.15, -0.1) is 0 Å². The van der Waals surface area contributed by atoms with Crippen molar-refractivity contribution >= 4 is 11.5 Å². The van der Waals surface area contributed by atoms with Crippen molar-refractivity contribution in [1.29, 1.82) is 0 Å². The summed E-state index contributed by atoms with van der Waals surface area (Å²) in [6, 6.07) is 10.4. The third kappa shape index (κ3) is 1.86. The summed E-state index contributed by atoms with van der Waals surface area (Å²) >= 11 is 0. The van der Waals surface area contributed by atoms with Crippen LogP contribution in [-0.4, -0.2) is 17.0 Å². The number of benzene rings is 1. The first kappa shape index (κ1) is 13.7. The van der Waals surface area contributed by atoms with Crippen LogP contribution >= 0.6 is 0 Å². The standard InChI is InChI=1S/C20H21NO/c1-19-12-6-5-9-17(19)20(13-10-16(22)11-14-20)18(21-19)15-7-3-2-4-8-15/h2-4,7-8,10-11,13-14,17H,5-6,9,12H2,1H3/t17-,19-/m1/s1. The van der Waals surface area contributed by atoms with Crippen molar-refractivity contribution in [2.75, 3.05) is 0 Å². The van der Waals surface area contributed by atoms with E-state index in [1.807, 2.05) is 6.07 Å². The van der Waals surface area contributed by atoms with E-state index >= 15 is 0 Å². The molecule has 2 nitrogen and oxygen atoms in total. The molecule has 2 atom stereocenters. The Morgan fingerprint density at radius 3 is 2.55 bits per heavy atom. The first-order chi connectivity index (χ1) is 10.6. The lowest BCUT2D eigenvalue weighted by molar-refractivity contribution is -0.110. The lowest BCUT2D eigenvalue weighted by Gasteiger charge is -2.42. The second-order valence-corrected chi connectivity index (χ2v) is 6.98. The Bertz CT molecular complexity index is 682. The largest absolute Gasteiger partial charge is 0.290 e. The van der Waals surface area contributed by atoms with Gasteiger partial charge in [0, 0.05) is 5.92 Å². The van der Waals surface area contributed by atoms with E-state index in [2.05, 4.69) is 43.3 Å². The number of ketones is 1. The third-order valence-electron chi connectivity index (χ3n) is 5.62. The molecule has 0 bridgehead atoms. The zero-order valence-electron chi connectivity index (χ0n) is 13.0. The first-order valence-electron chi connectivity index (χ1n) is 8.22. The molecule has 3 aliphatic rings. The molecule has 0 N–H and O–H groups in total. The molecule has 0 radical (unpaired) electrons. The number of allylic oxidation sites excluding steroid dienone is 4. The minimum absolute atomic E-state index is 0.00150. The minimum Gasteiger partial charge on any atom is -0.290 e. The van der Waals surface area contributed by atoms with Crippen LogP contribution in [0.3, 0.4) is 0 Å². The van der Waals surface area contributed by atoms with E-state index in [1.54, 1.807) is 12.2 Å². The van der Waals surface area contributed by atoms with Gasteiger partial charge < -0.3 is 0 Å². The number of hydrogen-bond donors (Lipinski definition) is 0. The average molecular weight is 291 g/mol. The number of aliphatic imine (C=N–C) groups is 1. The van der Waals surface area contributed by atoms with Crippen LogP contribution in [0.25, 0.3) is 0 Å². The highest BCUT2D eigenvalue weighted by Gasteiger charge is 2.55. The molecular weight excluding hydrogens is 270 g/mol. The van der Waals surface area contributed by atoms with Gasteiger partial charge in [0.1, 0.15) is 0 Å². The average Bonchev–Trinajstić information content (AvgIpc) is 2.81. The van der Waals surface area contributed by atoms with Crippen LogP contribution in [0.2, 0.25) is 0 Å². The summed E-state index contributed by atoms with van der Waals surface area (Å²) in [6.45, 7) is 2.30. The summed E-state index contributed by atoms with van der Waals surface area (Å²) in [6.07, 6.45) is 12.5. The molecular formula is C20H21NO. The first-order valence-corrected chi connectivity index (χ1v) is 8.22. The van der Waals surface area contributed by atoms with E-state index in [-0.39, 0.29) is 16.7 Å². The molecule has 1 heterocycles. The van der Waals surface area contributed by atoms with Gasteiger partial charge in [0.05, 0.1) is 16.7 Å².